The normalized spacial score (nSPS) is 23.8. The molecule has 28 heavy (non-hydrogen) atoms. The van der Waals surface area contributed by atoms with Gasteiger partial charge in [-0.2, -0.15) is 4.98 Å². The second-order valence-corrected chi connectivity index (χ2v) is 7.89. The third-order valence-electron chi connectivity index (χ3n) is 5.75. The molecule has 3 heterocycles. The van der Waals surface area contributed by atoms with Crippen molar-refractivity contribution in [2.45, 2.75) is 13.0 Å². The molecule has 0 spiro atoms. The van der Waals surface area contributed by atoms with Crippen LogP contribution in [-0.4, -0.2) is 59.5 Å². The summed E-state index contributed by atoms with van der Waals surface area (Å²) >= 11 is 0. The van der Waals surface area contributed by atoms with Gasteiger partial charge in [0.25, 0.3) is 0 Å². The average molecular weight is 384 g/mol. The molecule has 2 fully saturated rings. The zero-order chi connectivity index (χ0) is 20.0. The van der Waals surface area contributed by atoms with Gasteiger partial charge < -0.3 is 20.4 Å². The van der Waals surface area contributed by atoms with Gasteiger partial charge in [-0.3, -0.25) is 0 Å². The van der Waals surface area contributed by atoms with E-state index in [2.05, 4.69) is 14.9 Å². The standard InChI is InChI=1S/C20H25FN6O/c1-12-8-23-19(22)24-18(12)26-9-14-10-27(20(28)25(2)3)17(16(14)11-26)13-5-4-6-15(21)7-13/h4-8,14,16-17H,9-11H2,1-3H3,(H2,22,23,24)/t14-,16-,17-/m1/s1. The van der Waals surface area contributed by atoms with Crippen LogP contribution in [0.4, 0.5) is 21.0 Å². The molecule has 148 valence electrons. The fourth-order valence-electron chi connectivity index (χ4n) is 4.56. The molecule has 2 N–H and O–H groups in total. The van der Waals surface area contributed by atoms with Crippen molar-refractivity contribution in [3.8, 4) is 0 Å². The van der Waals surface area contributed by atoms with Crippen LogP contribution in [-0.2, 0) is 0 Å². The highest BCUT2D eigenvalue weighted by atomic mass is 19.1. The molecule has 2 saturated heterocycles. The Bertz CT molecular complexity index is 904. The van der Waals surface area contributed by atoms with E-state index in [1.165, 1.54) is 6.07 Å². The molecule has 2 aromatic rings. The number of likely N-dealkylation sites (tertiary alicyclic amines) is 1. The lowest BCUT2D eigenvalue weighted by atomic mass is 9.89. The van der Waals surface area contributed by atoms with Crippen LogP contribution in [0.1, 0.15) is 17.2 Å². The number of rotatable bonds is 2. The Morgan fingerprint density at radius 2 is 2.07 bits per heavy atom. The molecule has 0 bridgehead atoms. The molecule has 2 aliphatic heterocycles. The Morgan fingerprint density at radius 3 is 2.79 bits per heavy atom. The minimum Gasteiger partial charge on any atom is -0.368 e. The van der Waals surface area contributed by atoms with Crippen LogP contribution in [0.25, 0.3) is 0 Å². The zero-order valence-electron chi connectivity index (χ0n) is 16.3. The number of amides is 2. The van der Waals surface area contributed by atoms with Crippen LogP contribution >= 0.6 is 0 Å². The number of carbonyl (C=O) groups is 1. The number of anilines is 2. The van der Waals surface area contributed by atoms with E-state index in [9.17, 15) is 9.18 Å². The van der Waals surface area contributed by atoms with Gasteiger partial charge in [0.1, 0.15) is 11.6 Å². The molecule has 2 aliphatic rings. The Kier molecular flexibility index (Phi) is 4.56. The summed E-state index contributed by atoms with van der Waals surface area (Å²) < 4.78 is 13.9. The number of carbonyl (C=O) groups excluding carboxylic acids is 1. The second-order valence-electron chi connectivity index (χ2n) is 7.89. The zero-order valence-corrected chi connectivity index (χ0v) is 16.3. The van der Waals surface area contributed by atoms with E-state index in [0.717, 1.165) is 30.0 Å². The number of nitrogen functional groups attached to an aromatic ring is 1. The van der Waals surface area contributed by atoms with E-state index in [1.807, 2.05) is 17.9 Å². The van der Waals surface area contributed by atoms with Crippen molar-refractivity contribution >= 4 is 17.8 Å². The predicted molar refractivity (Wildman–Crippen MR) is 105 cm³/mol. The van der Waals surface area contributed by atoms with Crippen LogP contribution in [0.5, 0.6) is 0 Å². The van der Waals surface area contributed by atoms with Crippen LogP contribution in [0.3, 0.4) is 0 Å². The number of nitrogens with two attached hydrogens (primary N) is 1. The molecule has 7 nitrogen and oxygen atoms in total. The quantitative estimate of drug-likeness (QED) is 0.860. The Morgan fingerprint density at radius 1 is 1.29 bits per heavy atom. The van der Waals surface area contributed by atoms with Crippen molar-refractivity contribution in [3.05, 3.63) is 47.4 Å². The number of aromatic nitrogens is 2. The van der Waals surface area contributed by atoms with Crippen LogP contribution in [0.15, 0.2) is 30.5 Å². The lowest BCUT2D eigenvalue weighted by molar-refractivity contribution is 0.159. The fourth-order valence-corrected chi connectivity index (χ4v) is 4.56. The number of urea groups is 1. The predicted octanol–water partition coefficient (Wildman–Crippen LogP) is 2.30. The van der Waals surface area contributed by atoms with Crippen molar-refractivity contribution in [2.75, 3.05) is 44.4 Å². The van der Waals surface area contributed by atoms with Gasteiger partial charge in [0, 0.05) is 57.3 Å². The first-order valence-electron chi connectivity index (χ1n) is 9.42. The van der Waals surface area contributed by atoms with Crippen LogP contribution in [0, 0.1) is 24.6 Å². The number of hydrogen-bond acceptors (Lipinski definition) is 5. The summed E-state index contributed by atoms with van der Waals surface area (Å²) in [5.41, 5.74) is 7.60. The maximum atomic E-state index is 13.9. The molecule has 0 saturated carbocycles. The van der Waals surface area contributed by atoms with Gasteiger partial charge >= 0.3 is 6.03 Å². The number of nitrogens with zero attached hydrogens (tertiary/aromatic N) is 5. The third-order valence-corrected chi connectivity index (χ3v) is 5.75. The SMILES string of the molecule is Cc1cnc(N)nc1N1C[C@@H]2CN(C(=O)N(C)C)[C@H](c3cccc(F)c3)[C@@H]2C1. The van der Waals surface area contributed by atoms with E-state index in [1.54, 1.807) is 37.3 Å². The molecule has 1 aromatic heterocycles. The molecule has 1 aromatic carbocycles. The highest BCUT2D eigenvalue weighted by molar-refractivity contribution is 5.75. The first-order valence-corrected chi connectivity index (χ1v) is 9.42. The number of aryl methyl sites for hydroxylation is 1. The summed E-state index contributed by atoms with van der Waals surface area (Å²) in [5, 5.41) is 0. The van der Waals surface area contributed by atoms with Crippen molar-refractivity contribution in [2.24, 2.45) is 11.8 Å². The molecular formula is C20H25FN6O. The van der Waals surface area contributed by atoms with Crippen molar-refractivity contribution in [3.63, 3.8) is 0 Å². The summed E-state index contributed by atoms with van der Waals surface area (Å²) in [6.45, 7) is 4.12. The first-order chi connectivity index (χ1) is 13.3. The van der Waals surface area contributed by atoms with E-state index in [4.69, 9.17) is 5.73 Å². The van der Waals surface area contributed by atoms with E-state index < -0.39 is 0 Å². The van der Waals surface area contributed by atoms with E-state index >= 15 is 0 Å². The first kappa shape index (κ1) is 18.5. The number of hydrogen-bond donors (Lipinski definition) is 1. The Balaban J connectivity index is 1.67. The van der Waals surface area contributed by atoms with E-state index in [0.29, 0.717) is 6.54 Å². The summed E-state index contributed by atoms with van der Waals surface area (Å²) in [5.74, 6) is 1.29. The van der Waals surface area contributed by atoms with Gasteiger partial charge in [-0.15, -0.1) is 0 Å². The van der Waals surface area contributed by atoms with Gasteiger partial charge in [-0.05, 0) is 24.6 Å². The maximum Gasteiger partial charge on any atom is 0.320 e. The molecule has 0 radical (unpaired) electrons. The lowest BCUT2D eigenvalue weighted by Crippen LogP contribution is -2.41. The summed E-state index contributed by atoms with van der Waals surface area (Å²) in [6, 6.07) is 6.38. The lowest BCUT2D eigenvalue weighted by Gasteiger charge is -2.32. The van der Waals surface area contributed by atoms with Gasteiger partial charge in [-0.25, -0.2) is 14.2 Å². The highest BCUT2D eigenvalue weighted by Crippen LogP contribution is 2.46. The smallest absolute Gasteiger partial charge is 0.320 e. The molecule has 0 aliphatic carbocycles. The van der Waals surface area contributed by atoms with Gasteiger partial charge in [0.05, 0.1) is 6.04 Å². The number of benzene rings is 1. The van der Waals surface area contributed by atoms with E-state index in [-0.39, 0.29) is 35.7 Å². The van der Waals surface area contributed by atoms with Crippen LogP contribution < -0.4 is 10.6 Å². The molecular weight excluding hydrogens is 359 g/mol. The molecule has 8 heteroatoms. The summed E-state index contributed by atoms with van der Waals surface area (Å²) in [4.78, 5) is 26.9. The maximum absolute atomic E-state index is 13.9. The van der Waals surface area contributed by atoms with Gasteiger partial charge in [0.2, 0.25) is 5.95 Å². The summed E-state index contributed by atoms with van der Waals surface area (Å²) in [6.07, 6.45) is 1.73. The Hall–Kier alpha value is -2.90. The topological polar surface area (TPSA) is 78.6 Å². The molecule has 2 amide bonds. The fraction of sp³-hybridized carbons (Fsp3) is 0.450. The van der Waals surface area contributed by atoms with Crippen molar-refractivity contribution in [1.29, 1.82) is 0 Å². The number of fused-ring (bicyclic) bond motifs is 1. The van der Waals surface area contributed by atoms with Gasteiger partial charge in [-0.1, -0.05) is 12.1 Å². The molecule has 0 unspecified atom stereocenters. The van der Waals surface area contributed by atoms with Crippen molar-refractivity contribution in [1.82, 2.24) is 19.8 Å². The number of halogens is 1. The second kappa shape index (κ2) is 6.92. The third kappa shape index (κ3) is 3.12. The highest BCUT2D eigenvalue weighted by Gasteiger charge is 2.50. The minimum atomic E-state index is -0.285. The van der Waals surface area contributed by atoms with Crippen molar-refractivity contribution < 1.29 is 9.18 Å². The minimum absolute atomic E-state index is 0.0438. The molecule has 4 rings (SSSR count). The van der Waals surface area contributed by atoms with Crippen LogP contribution in [0.2, 0.25) is 0 Å². The summed E-state index contributed by atoms with van der Waals surface area (Å²) in [7, 11) is 3.50. The Labute approximate surface area is 164 Å². The average Bonchev–Trinajstić information content (AvgIpc) is 3.20. The monoisotopic (exact) mass is 384 g/mol. The van der Waals surface area contributed by atoms with Gasteiger partial charge in [0.15, 0.2) is 0 Å². The largest absolute Gasteiger partial charge is 0.368 e. The molecule has 3 atom stereocenters.